The van der Waals surface area contributed by atoms with Crippen molar-refractivity contribution >= 4 is 35.4 Å². The Morgan fingerprint density at radius 1 is 1.17 bits per heavy atom. The van der Waals surface area contributed by atoms with Gasteiger partial charge >= 0.3 is 5.97 Å². The quantitative estimate of drug-likeness (QED) is 0.524. The number of nitrogens with one attached hydrogen (secondary N) is 2. The third-order valence-corrected chi connectivity index (χ3v) is 5.34. The number of hydrogen-bond donors (Lipinski definition) is 3. The van der Waals surface area contributed by atoms with E-state index in [9.17, 15) is 9.59 Å². The predicted octanol–water partition coefficient (Wildman–Crippen LogP) is 3.71. The van der Waals surface area contributed by atoms with E-state index in [1.54, 1.807) is 24.3 Å². The molecule has 158 valence electrons. The van der Waals surface area contributed by atoms with Crippen molar-refractivity contribution in [3.63, 3.8) is 0 Å². The highest BCUT2D eigenvalue weighted by Crippen LogP contribution is 2.33. The first kappa shape index (κ1) is 21.6. The van der Waals surface area contributed by atoms with Gasteiger partial charge in [0.2, 0.25) is 0 Å². The van der Waals surface area contributed by atoms with E-state index >= 15 is 0 Å². The van der Waals surface area contributed by atoms with Crippen LogP contribution in [0.25, 0.3) is 6.08 Å². The Labute approximate surface area is 179 Å². The molecule has 3 rings (SSSR count). The summed E-state index contributed by atoms with van der Waals surface area (Å²) in [5, 5.41) is 15.0. The van der Waals surface area contributed by atoms with Crippen molar-refractivity contribution in [3.8, 4) is 11.5 Å². The molecule has 7 nitrogen and oxygen atoms in total. The van der Waals surface area contributed by atoms with Crippen LogP contribution in [0.5, 0.6) is 11.5 Å². The molecule has 8 heteroatoms. The van der Waals surface area contributed by atoms with E-state index in [0.717, 1.165) is 17.7 Å². The molecule has 0 aliphatic carbocycles. The number of anilines is 1. The number of thioether (sulfide) groups is 1. The van der Waals surface area contributed by atoms with Crippen LogP contribution in [0.1, 0.15) is 25.0 Å². The van der Waals surface area contributed by atoms with Crippen LogP contribution in [-0.2, 0) is 16.0 Å². The van der Waals surface area contributed by atoms with Crippen molar-refractivity contribution < 1.29 is 24.2 Å². The zero-order valence-electron chi connectivity index (χ0n) is 16.8. The molecule has 0 unspecified atom stereocenters. The zero-order chi connectivity index (χ0) is 21.5. The minimum absolute atomic E-state index is 0.160. The van der Waals surface area contributed by atoms with Gasteiger partial charge in [-0.3, -0.25) is 4.79 Å². The van der Waals surface area contributed by atoms with Crippen molar-refractivity contribution in [2.24, 2.45) is 0 Å². The van der Waals surface area contributed by atoms with Gasteiger partial charge in [-0.05, 0) is 54.8 Å². The molecule has 0 bridgehead atoms. The molecule has 1 aliphatic rings. The van der Waals surface area contributed by atoms with Gasteiger partial charge in [0, 0.05) is 5.69 Å². The standard InChI is InChI=1S/C22H24N2O5S/c1-3-14-5-8-16(9-6-14)23-22-24-21(27)19(30-22)12-15-7-10-17(29-13-20(25)26)18(11-15)28-4-2/h5-12,22-23H,3-4,13H2,1-2H3,(H,24,27)(H,25,26)/b19-12-/t22-/m1/s1. The van der Waals surface area contributed by atoms with Crippen LogP contribution in [0.4, 0.5) is 5.69 Å². The van der Waals surface area contributed by atoms with Crippen molar-refractivity contribution in [1.29, 1.82) is 0 Å². The molecule has 1 saturated heterocycles. The van der Waals surface area contributed by atoms with E-state index in [2.05, 4.69) is 29.7 Å². The largest absolute Gasteiger partial charge is 0.490 e. The first-order valence-electron chi connectivity index (χ1n) is 9.64. The topological polar surface area (TPSA) is 96.9 Å². The number of carbonyl (C=O) groups excluding carboxylic acids is 1. The summed E-state index contributed by atoms with van der Waals surface area (Å²) in [6, 6.07) is 13.2. The Morgan fingerprint density at radius 3 is 2.60 bits per heavy atom. The molecule has 0 aromatic heterocycles. The van der Waals surface area contributed by atoms with E-state index in [0.29, 0.717) is 23.0 Å². The molecule has 3 N–H and O–H groups in total. The number of carboxylic acid groups (broad SMARTS) is 1. The van der Waals surface area contributed by atoms with Gasteiger partial charge in [-0.1, -0.05) is 36.9 Å². The molecule has 0 radical (unpaired) electrons. The van der Waals surface area contributed by atoms with Crippen molar-refractivity contribution in [3.05, 3.63) is 58.5 Å². The first-order chi connectivity index (χ1) is 14.5. The number of aryl methyl sites for hydroxylation is 1. The molecule has 2 aromatic rings. The Balaban J connectivity index is 1.71. The highest BCUT2D eigenvalue weighted by atomic mass is 32.2. The first-order valence-corrected chi connectivity index (χ1v) is 10.5. The average molecular weight is 429 g/mol. The summed E-state index contributed by atoms with van der Waals surface area (Å²) in [6.45, 7) is 3.89. The van der Waals surface area contributed by atoms with Gasteiger partial charge < -0.3 is 25.2 Å². The Hall–Kier alpha value is -3.13. The van der Waals surface area contributed by atoms with Crippen LogP contribution < -0.4 is 20.1 Å². The molecule has 0 saturated carbocycles. The second kappa shape index (κ2) is 10.1. The third kappa shape index (κ3) is 5.70. The van der Waals surface area contributed by atoms with E-state index in [1.165, 1.54) is 17.3 Å². The number of benzene rings is 2. The van der Waals surface area contributed by atoms with Gasteiger partial charge in [0.05, 0.1) is 11.5 Å². The highest BCUT2D eigenvalue weighted by Gasteiger charge is 2.27. The maximum Gasteiger partial charge on any atom is 0.341 e. The summed E-state index contributed by atoms with van der Waals surface area (Å²) < 4.78 is 10.8. The summed E-state index contributed by atoms with van der Waals surface area (Å²) in [5.74, 6) is -0.445. The monoisotopic (exact) mass is 428 g/mol. The van der Waals surface area contributed by atoms with Crippen LogP contribution in [-0.4, -0.2) is 35.7 Å². The number of carbonyl (C=O) groups is 2. The van der Waals surface area contributed by atoms with Crippen LogP contribution >= 0.6 is 11.8 Å². The van der Waals surface area contributed by atoms with E-state index in [4.69, 9.17) is 14.6 Å². The smallest absolute Gasteiger partial charge is 0.341 e. The predicted molar refractivity (Wildman–Crippen MR) is 118 cm³/mol. The van der Waals surface area contributed by atoms with E-state index in [1.807, 2.05) is 19.1 Å². The number of hydrogen-bond acceptors (Lipinski definition) is 6. The minimum atomic E-state index is -1.06. The van der Waals surface area contributed by atoms with Crippen molar-refractivity contribution in [2.75, 3.05) is 18.5 Å². The fourth-order valence-electron chi connectivity index (χ4n) is 2.85. The average Bonchev–Trinajstić information content (AvgIpc) is 3.06. The lowest BCUT2D eigenvalue weighted by atomic mass is 10.1. The summed E-state index contributed by atoms with van der Waals surface area (Å²) in [6.07, 6.45) is 2.75. The van der Waals surface area contributed by atoms with E-state index in [-0.39, 0.29) is 11.4 Å². The molecule has 1 aliphatic heterocycles. The van der Waals surface area contributed by atoms with Crippen molar-refractivity contribution in [1.82, 2.24) is 5.32 Å². The molecule has 1 atom stereocenters. The zero-order valence-corrected chi connectivity index (χ0v) is 17.6. The molecular formula is C22H24N2O5S. The number of aliphatic carboxylic acids is 1. The summed E-state index contributed by atoms with van der Waals surface area (Å²) in [4.78, 5) is 23.7. The number of carboxylic acids is 1. The second-order valence-electron chi connectivity index (χ2n) is 6.50. The summed E-state index contributed by atoms with van der Waals surface area (Å²) in [7, 11) is 0. The lowest BCUT2D eigenvalue weighted by Crippen LogP contribution is -2.30. The van der Waals surface area contributed by atoms with Gasteiger partial charge in [-0.25, -0.2) is 4.79 Å². The highest BCUT2D eigenvalue weighted by molar-refractivity contribution is 8.05. The fourth-order valence-corrected chi connectivity index (χ4v) is 3.83. The van der Waals surface area contributed by atoms with Crippen LogP contribution in [0, 0.1) is 0 Å². The minimum Gasteiger partial charge on any atom is -0.490 e. The van der Waals surface area contributed by atoms with Gasteiger partial charge in [-0.2, -0.15) is 0 Å². The number of rotatable bonds is 9. The third-order valence-electron chi connectivity index (χ3n) is 4.31. The molecule has 0 spiro atoms. The molecular weight excluding hydrogens is 404 g/mol. The van der Waals surface area contributed by atoms with Crippen LogP contribution in [0.2, 0.25) is 0 Å². The molecule has 2 aromatic carbocycles. The Kier molecular flexibility index (Phi) is 7.24. The fraction of sp³-hybridized carbons (Fsp3) is 0.273. The SMILES string of the molecule is CCOc1cc(/C=C2\S[C@H](Nc3ccc(CC)cc3)NC2=O)ccc1OCC(=O)O. The maximum absolute atomic E-state index is 12.4. The molecule has 30 heavy (non-hydrogen) atoms. The molecule has 1 heterocycles. The Bertz CT molecular complexity index is 943. The Morgan fingerprint density at radius 2 is 1.93 bits per heavy atom. The normalized spacial score (nSPS) is 16.9. The second-order valence-corrected chi connectivity index (χ2v) is 7.64. The van der Waals surface area contributed by atoms with Crippen molar-refractivity contribution in [2.45, 2.75) is 25.8 Å². The van der Waals surface area contributed by atoms with Crippen LogP contribution in [0.3, 0.4) is 0 Å². The van der Waals surface area contributed by atoms with E-state index < -0.39 is 12.6 Å². The lowest BCUT2D eigenvalue weighted by molar-refractivity contribution is -0.139. The molecule has 1 amide bonds. The molecule has 1 fully saturated rings. The maximum atomic E-state index is 12.4. The van der Waals surface area contributed by atoms with Gasteiger partial charge in [0.1, 0.15) is 0 Å². The van der Waals surface area contributed by atoms with Gasteiger partial charge in [0.25, 0.3) is 5.91 Å². The lowest BCUT2D eigenvalue weighted by Gasteiger charge is -2.13. The summed E-state index contributed by atoms with van der Waals surface area (Å²) in [5.41, 5.74) is 2.68. The number of ether oxygens (including phenoxy) is 2. The summed E-state index contributed by atoms with van der Waals surface area (Å²) >= 11 is 1.40. The van der Waals surface area contributed by atoms with Gasteiger partial charge in [-0.15, -0.1) is 0 Å². The number of amides is 1. The van der Waals surface area contributed by atoms with Crippen LogP contribution in [0.15, 0.2) is 47.4 Å². The van der Waals surface area contributed by atoms with Gasteiger partial charge in [0.15, 0.2) is 23.6 Å².